The summed E-state index contributed by atoms with van der Waals surface area (Å²) in [6.45, 7) is 0.0977. The van der Waals surface area contributed by atoms with Gasteiger partial charge in [-0.05, 0) is 12.1 Å². The molecule has 0 atom stereocenters. The zero-order valence-corrected chi connectivity index (χ0v) is 11.1. The lowest BCUT2D eigenvalue weighted by atomic mass is 10.1. The van der Waals surface area contributed by atoms with Gasteiger partial charge >= 0.3 is 0 Å². The van der Waals surface area contributed by atoms with Crippen LogP contribution in [0.15, 0.2) is 18.2 Å². The summed E-state index contributed by atoms with van der Waals surface area (Å²) in [4.78, 5) is 0. The summed E-state index contributed by atoms with van der Waals surface area (Å²) in [5, 5.41) is 1.01. The summed E-state index contributed by atoms with van der Waals surface area (Å²) in [5.41, 5.74) is 1.15. The first-order valence-electron chi connectivity index (χ1n) is 4.62. The van der Waals surface area contributed by atoms with E-state index in [4.69, 9.17) is 32.7 Å². The van der Waals surface area contributed by atoms with Gasteiger partial charge in [0.1, 0.15) is 0 Å². The molecule has 0 N–H and O–H groups in total. The van der Waals surface area contributed by atoms with Gasteiger partial charge in [0.25, 0.3) is 5.88 Å². The summed E-state index contributed by atoms with van der Waals surface area (Å²) in [5.74, 6) is 0.367. The number of ether oxygens (including phenoxy) is 2. The SMILES string of the molecule is COCOc1nsnc1-c1c(Cl)cccc1Cl. The van der Waals surface area contributed by atoms with Crippen LogP contribution in [0, 0.1) is 0 Å². The van der Waals surface area contributed by atoms with Crippen molar-refractivity contribution in [3.05, 3.63) is 28.2 Å². The number of hydrogen-bond donors (Lipinski definition) is 0. The molecule has 0 unspecified atom stereocenters. The van der Waals surface area contributed by atoms with Crippen molar-refractivity contribution in [2.45, 2.75) is 0 Å². The smallest absolute Gasteiger partial charge is 0.256 e. The predicted molar refractivity (Wildman–Crippen MR) is 67.9 cm³/mol. The highest BCUT2D eigenvalue weighted by molar-refractivity contribution is 6.99. The molecule has 90 valence electrons. The second-order valence-electron chi connectivity index (χ2n) is 3.07. The van der Waals surface area contributed by atoms with Gasteiger partial charge in [-0.1, -0.05) is 29.3 Å². The molecule has 0 aliphatic rings. The molecule has 17 heavy (non-hydrogen) atoms. The first-order chi connectivity index (χ1) is 8.24. The summed E-state index contributed by atoms with van der Waals surface area (Å²) in [7, 11) is 1.53. The van der Waals surface area contributed by atoms with Crippen molar-refractivity contribution in [3.8, 4) is 17.1 Å². The molecule has 1 heterocycles. The average molecular weight is 291 g/mol. The van der Waals surface area contributed by atoms with Gasteiger partial charge in [0.05, 0.1) is 21.8 Å². The number of benzene rings is 1. The summed E-state index contributed by atoms with van der Waals surface area (Å²) < 4.78 is 18.3. The molecule has 0 spiro atoms. The van der Waals surface area contributed by atoms with Crippen LogP contribution in [-0.4, -0.2) is 22.6 Å². The van der Waals surface area contributed by atoms with E-state index in [-0.39, 0.29) is 6.79 Å². The Labute approximate surface area is 112 Å². The van der Waals surface area contributed by atoms with Crippen LogP contribution >= 0.6 is 34.9 Å². The van der Waals surface area contributed by atoms with Crippen LogP contribution in [0.25, 0.3) is 11.3 Å². The Bertz CT molecular complexity index is 499. The van der Waals surface area contributed by atoms with Crippen LogP contribution in [0.4, 0.5) is 0 Å². The molecule has 0 saturated heterocycles. The molecule has 1 aromatic carbocycles. The molecule has 0 aliphatic heterocycles. The van der Waals surface area contributed by atoms with Gasteiger partial charge in [-0.2, -0.15) is 4.37 Å². The average Bonchev–Trinajstić information content (AvgIpc) is 2.74. The number of aromatic nitrogens is 2. The highest BCUT2D eigenvalue weighted by atomic mass is 35.5. The van der Waals surface area contributed by atoms with E-state index < -0.39 is 0 Å². The molecule has 0 radical (unpaired) electrons. The lowest BCUT2D eigenvalue weighted by molar-refractivity contribution is 0.0489. The Balaban J connectivity index is 2.43. The second kappa shape index (κ2) is 5.64. The van der Waals surface area contributed by atoms with Crippen molar-refractivity contribution in [2.75, 3.05) is 13.9 Å². The summed E-state index contributed by atoms with van der Waals surface area (Å²) in [6, 6.07) is 5.24. The van der Waals surface area contributed by atoms with Gasteiger partial charge in [-0.15, -0.1) is 4.37 Å². The van der Waals surface area contributed by atoms with E-state index in [9.17, 15) is 0 Å². The normalized spacial score (nSPS) is 10.5. The Morgan fingerprint density at radius 1 is 1.24 bits per heavy atom. The quantitative estimate of drug-likeness (QED) is 0.809. The molecule has 1 aromatic heterocycles. The monoisotopic (exact) mass is 290 g/mol. The molecular formula is C10H8Cl2N2O2S. The molecular weight excluding hydrogens is 283 g/mol. The largest absolute Gasteiger partial charge is 0.448 e. The molecule has 2 rings (SSSR count). The Kier molecular flexibility index (Phi) is 4.17. The van der Waals surface area contributed by atoms with E-state index in [1.54, 1.807) is 18.2 Å². The second-order valence-corrected chi connectivity index (χ2v) is 4.41. The fourth-order valence-corrected chi connectivity index (χ4v) is 2.35. The minimum atomic E-state index is 0.0977. The third kappa shape index (κ3) is 2.69. The van der Waals surface area contributed by atoms with Crippen LogP contribution in [-0.2, 0) is 4.74 Å². The fourth-order valence-electron chi connectivity index (χ4n) is 1.27. The molecule has 2 aromatic rings. The summed E-state index contributed by atoms with van der Waals surface area (Å²) >= 11 is 13.2. The maximum atomic E-state index is 6.09. The molecule has 0 aliphatic carbocycles. The van der Waals surface area contributed by atoms with E-state index in [0.29, 0.717) is 27.2 Å². The number of halogens is 2. The van der Waals surface area contributed by atoms with Gasteiger partial charge < -0.3 is 9.47 Å². The third-order valence-corrected chi connectivity index (χ3v) is 3.11. The lowest BCUT2D eigenvalue weighted by Crippen LogP contribution is -2.00. The van der Waals surface area contributed by atoms with Gasteiger partial charge in [0.15, 0.2) is 12.5 Å². The van der Waals surface area contributed by atoms with Gasteiger partial charge in [0.2, 0.25) is 0 Å². The van der Waals surface area contributed by atoms with E-state index in [1.165, 1.54) is 7.11 Å². The molecule has 7 heteroatoms. The summed E-state index contributed by atoms with van der Waals surface area (Å²) in [6.07, 6.45) is 0. The minimum Gasteiger partial charge on any atom is -0.448 e. The molecule has 0 amide bonds. The van der Waals surface area contributed by atoms with Crippen molar-refractivity contribution in [1.29, 1.82) is 0 Å². The zero-order chi connectivity index (χ0) is 12.3. The van der Waals surface area contributed by atoms with Crippen molar-refractivity contribution in [2.24, 2.45) is 0 Å². The molecule has 0 bridgehead atoms. The third-order valence-electron chi connectivity index (χ3n) is 1.97. The van der Waals surface area contributed by atoms with Gasteiger partial charge in [-0.25, -0.2) is 0 Å². The van der Waals surface area contributed by atoms with Crippen molar-refractivity contribution < 1.29 is 9.47 Å². The molecule has 0 saturated carbocycles. The van der Waals surface area contributed by atoms with E-state index >= 15 is 0 Å². The predicted octanol–water partition coefficient (Wildman–Crippen LogP) is 3.49. The highest BCUT2D eigenvalue weighted by Crippen LogP contribution is 2.38. The maximum absolute atomic E-state index is 6.09. The molecule has 4 nitrogen and oxygen atoms in total. The number of rotatable bonds is 4. The molecule has 0 fully saturated rings. The lowest BCUT2D eigenvalue weighted by Gasteiger charge is -2.06. The van der Waals surface area contributed by atoms with Crippen LogP contribution in [0.3, 0.4) is 0 Å². The zero-order valence-electron chi connectivity index (χ0n) is 8.81. The maximum Gasteiger partial charge on any atom is 0.256 e. The van der Waals surface area contributed by atoms with Crippen LogP contribution < -0.4 is 4.74 Å². The number of methoxy groups -OCH3 is 1. The van der Waals surface area contributed by atoms with Crippen molar-refractivity contribution in [1.82, 2.24) is 8.75 Å². The first-order valence-corrected chi connectivity index (χ1v) is 6.11. The Morgan fingerprint density at radius 3 is 2.59 bits per heavy atom. The number of hydrogen-bond acceptors (Lipinski definition) is 5. The van der Waals surface area contributed by atoms with Gasteiger partial charge in [-0.3, -0.25) is 0 Å². The van der Waals surface area contributed by atoms with Crippen LogP contribution in [0.5, 0.6) is 5.88 Å². The minimum absolute atomic E-state index is 0.0977. The van der Waals surface area contributed by atoms with Crippen LogP contribution in [0.1, 0.15) is 0 Å². The van der Waals surface area contributed by atoms with E-state index in [2.05, 4.69) is 8.75 Å². The fraction of sp³-hybridized carbons (Fsp3) is 0.200. The Hall–Kier alpha value is -0.880. The number of nitrogens with zero attached hydrogens (tertiary/aromatic N) is 2. The topological polar surface area (TPSA) is 44.2 Å². The van der Waals surface area contributed by atoms with Crippen molar-refractivity contribution in [3.63, 3.8) is 0 Å². The van der Waals surface area contributed by atoms with Gasteiger partial charge in [0, 0.05) is 12.7 Å². The first kappa shape index (κ1) is 12.6. The van der Waals surface area contributed by atoms with E-state index in [1.807, 2.05) is 0 Å². The standard InChI is InChI=1S/C10H8Cl2N2O2S/c1-15-5-16-10-9(13-17-14-10)8-6(11)3-2-4-7(8)12/h2-4H,5H2,1H3. The Morgan fingerprint density at radius 2 is 1.94 bits per heavy atom. The van der Waals surface area contributed by atoms with Crippen LogP contribution in [0.2, 0.25) is 10.0 Å². The van der Waals surface area contributed by atoms with E-state index in [0.717, 1.165) is 11.7 Å². The van der Waals surface area contributed by atoms with Crippen molar-refractivity contribution >= 4 is 34.9 Å². The highest BCUT2D eigenvalue weighted by Gasteiger charge is 2.17.